The predicted octanol–water partition coefficient (Wildman–Crippen LogP) is 12.7. The molecule has 1 aliphatic carbocycles. The minimum Gasteiger partial charge on any atom is -0.310 e. The van der Waals surface area contributed by atoms with Gasteiger partial charge in [-0.15, -0.1) is 0 Å². The smallest absolute Gasteiger partial charge is 0.0885 e. The summed E-state index contributed by atoms with van der Waals surface area (Å²) in [5.74, 6) is 0. The number of anilines is 3. The van der Waals surface area contributed by atoms with Crippen LogP contribution < -0.4 is 4.90 Å². The monoisotopic (exact) mass is 680 g/mol. The van der Waals surface area contributed by atoms with E-state index >= 15 is 0 Å². The fourth-order valence-electron chi connectivity index (χ4n) is 8.32. The van der Waals surface area contributed by atoms with Gasteiger partial charge in [-0.2, -0.15) is 0 Å². The van der Waals surface area contributed by atoms with Gasteiger partial charge in [0, 0.05) is 56.9 Å². The molecule has 0 spiro atoms. The molecule has 4 heteroatoms. The standard InChI is InChI=1S/C49H36N4/c1-49(2)44-14-8-6-12-40(44)41-26-25-39(31-45(41)49)52(38-23-18-34(19-24-38)46-32-50-28-29-51-46)37-21-16-33(17-22-37)35-20-27-48-43(30-35)42-13-7-9-15-47(42)53(48)36-10-4-3-5-11-36/h3-32H,1-2H3. The van der Waals surface area contributed by atoms with Crippen LogP contribution in [-0.2, 0) is 5.41 Å². The molecule has 2 heterocycles. The zero-order valence-corrected chi connectivity index (χ0v) is 29.6. The van der Waals surface area contributed by atoms with Gasteiger partial charge in [0.05, 0.1) is 22.9 Å². The molecule has 1 aliphatic rings. The Morgan fingerprint density at radius 1 is 0.491 bits per heavy atom. The molecule has 0 saturated carbocycles. The van der Waals surface area contributed by atoms with Crippen molar-refractivity contribution in [3.63, 3.8) is 0 Å². The topological polar surface area (TPSA) is 34.0 Å². The molecule has 0 atom stereocenters. The first-order valence-corrected chi connectivity index (χ1v) is 18.1. The van der Waals surface area contributed by atoms with E-state index < -0.39 is 0 Å². The molecule has 0 amide bonds. The zero-order valence-electron chi connectivity index (χ0n) is 29.6. The van der Waals surface area contributed by atoms with E-state index in [0.717, 1.165) is 28.3 Å². The summed E-state index contributed by atoms with van der Waals surface area (Å²) in [7, 11) is 0. The van der Waals surface area contributed by atoms with Gasteiger partial charge in [0.1, 0.15) is 0 Å². The number of fused-ring (bicyclic) bond motifs is 6. The van der Waals surface area contributed by atoms with Crippen molar-refractivity contribution in [2.75, 3.05) is 4.90 Å². The van der Waals surface area contributed by atoms with Crippen LogP contribution in [0.15, 0.2) is 182 Å². The average molecular weight is 681 g/mol. The van der Waals surface area contributed by atoms with E-state index in [9.17, 15) is 0 Å². The highest BCUT2D eigenvalue weighted by Crippen LogP contribution is 2.50. The highest BCUT2D eigenvalue weighted by Gasteiger charge is 2.35. The Morgan fingerprint density at radius 3 is 1.91 bits per heavy atom. The van der Waals surface area contributed by atoms with Crippen LogP contribution in [0.25, 0.3) is 61.0 Å². The maximum Gasteiger partial charge on any atom is 0.0885 e. The SMILES string of the molecule is CC1(C)c2ccccc2-c2ccc(N(c3ccc(-c4ccc5c(c4)c4ccccc4n5-c4ccccc4)cc3)c3ccc(-c4cnccn4)cc3)cc21. The van der Waals surface area contributed by atoms with Crippen molar-refractivity contribution >= 4 is 38.9 Å². The molecule has 0 aliphatic heterocycles. The van der Waals surface area contributed by atoms with Crippen molar-refractivity contribution in [1.29, 1.82) is 0 Å². The predicted molar refractivity (Wildman–Crippen MR) is 219 cm³/mol. The van der Waals surface area contributed by atoms with Crippen LogP contribution in [0, 0.1) is 0 Å². The van der Waals surface area contributed by atoms with Crippen molar-refractivity contribution in [2.24, 2.45) is 0 Å². The van der Waals surface area contributed by atoms with E-state index in [-0.39, 0.29) is 5.41 Å². The van der Waals surface area contributed by atoms with Gasteiger partial charge in [-0.1, -0.05) is 111 Å². The Hall–Kier alpha value is -6.78. The maximum atomic E-state index is 4.53. The van der Waals surface area contributed by atoms with Crippen LogP contribution in [0.1, 0.15) is 25.0 Å². The van der Waals surface area contributed by atoms with Crippen LogP contribution in [0.5, 0.6) is 0 Å². The molecule has 10 rings (SSSR count). The third-order valence-corrected chi connectivity index (χ3v) is 11.0. The Bertz CT molecular complexity index is 2780. The van der Waals surface area contributed by atoms with E-state index in [0.29, 0.717) is 0 Å². The molecule has 7 aromatic carbocycles. The van der Waals surface area contributed by atoms with Crippen molar-refractivity contribution in [1.82, 2.24) is 14.5 Å². The van der Waals surface area contributed by atoms with Crippen LogP contribution >= 0.6 is 0 Å². The minimum atomic E-state index is -0.102. The van der Waals surface area contributed by atoms with Gasteiger partial charge in [0.15, 0.2) is 0 Å². The number of benzene rings is 7. The van der Waals surface area contributed by atoms with Gasteiger partial charge < -0.3 is 9.47 Å². The lowest BCUT2D eigenvalue weighted by molar-refractivity contribution is 0.660. The molecule has 0 saturated heterocycles. The number of hydrogen-bond acceptors (Lipinski definition) is 3. The number of nitrogens with zero attached hydrogens (tertiary/aromatic N) is 4. The normalized spacial score (nSPS) is 12.9. The van der Waals surface area contributed by atoms with Crippen LogP contribution in [0.4, 0.5) is 17.1 Å². The third-order valence-electron chi connectivity index (χ3n) is 11.0. The maximum absolute atomic E-state index is 4.53. The molecule has 2 aromatic heterocycles. The molecule has 0 fully saturated rings. The molecule has 0 unspecified atom stereocenters. The summed E-state index contributed by atoms with van der Waals surface area (Å²) in [6.07, 6.45) is 5.25. The summed E-state index contributed by atoms with van der Waals surface area (Å²) < 4.78 is 2.36. The Morgan fingerprint density at radius 2 is 1.13 bits per heavy atom. The summed E-state index contributed by atoms with van der Waals surface area (Å²) >= 11 is 0. The molecule has 0 N–H and O–H groups in total. The summed E-state index contributed by atoms with van der Waals surface area (Å²) in [5.41, 5.74) is 16.4. The lowest BCUT2D eigenvalue weighted by Gasteiger charge is -2.28. The van der Waals surface area contributed by atoms with E-state index in [1.54, 1.807) is 12.4 Å². The van der Waals surface area contributed by atoms with Crippen LogP contribution in [0.2, 0.25) is 0 Å². The highest BCUT2D eigenvalue weighted by molar-refractivity contribution is 6.10. The fourth-order valence-corrected chi connectivity index (χ4v) is 8.32. The molecule has 4 nitrogen and oxygen atoms in total. The molecule has 53 heavy (non-hydrogen) atoms. The van der Waals surface area contributed by atoms with Crippen LogP contribution in [-0.4, -0.2) is 14.5 Å². The lowest BCUT2D eigenvalue weighted by atomic mass is 9.82. The summed E-state index contributed by atoms with van der Waals surface area (Å²) in [6, 6.07) is 59.6. The first-order chi connectivity index (χ1) is 26.0. The fraction of sp³-hybridized carbons (Fsp3) is 0.0612. The zero-order chi connectivity index (χ0) is 35.5. The van der Waals surface area contributed by atoms with Gasteiger partial charge in [0.2, 0.25) is 0 Å². The lowest BCUT2D eigenvalue weighted by Crippen LogP contribution is -2.16. The quantitative estimate of drug-likeness (QED) is 0.175. The first-order valence-electron chi connectivity index (χ1n) is 18.1. The Labute approximate surface area is 309 Å². The van der Waals surface area contributed by atoms with Crippen molar-refractivity contribution in [3.05, 3.63) is 194 Å². The molecular weight excluding hydrogens is 645 g/mol. The summed E-state index contributed by atoms with van der Waals surface area (Å²) in [6.45, 7) is 4.68. The Kier molecular flexibility index (Phi) is 7.12. The minimum absolute atomic E-state index is 0.102. The molecule has 0 bridgehead atoms. The van der Waals surface area contributed by atoms with E-state index in [2.05, 4.69) is 197 Å². The summed E-state index contributed by atoms with van der Waals surface area (Å²) in [4.78, 5) is 11.2. The van der Waals surface area contributed by atoms with Gasteiger partial charge in [-0.3, -0.25) is 9.97 Å². The van der Waals surface area contributed by atoms with Gasteiger partial charge in [-0.05, 0) is 100 Å². The second kappa shape index (κ2) is 12.2. The highest BCUT2D eigenvalue weighted by atomic mass is 15.1. The van der Waals surface area contributed by atoms with E-state index in [4.69, 9.17) is 0 Å². The number of para-hydroxylation sites is 2. The number of rotatable bonds is 6. The van der Waals surface area contributed by atoms with Crippen molar-refractivity contribution in [2.45, 2.75) is 19.3 Å². The molecule has 252 valence electrons. The largest absolute Gasteiger partial charge is 0.310 e. The number of hydrogen-bond donors (Lipinski definition) is 0. The van der Waals surface area contributed by atoms with Crippen LogP contribution in [0.3, 0.4) is 0 Å². The second-order valence-corrected chi connectivity index (χ2v) is 14.3. The van der Waals surface area contributed by atoms with Crippen molar-refractivity contribution in [3.8, 4) is 39.2 Å². The first kappa shape index (κ1) is 31.0. The molecule has 9 aromatic rings. The third kappa shape index (κ3) is 5.06. The van der Waals surface area contributed by atoms with Gasteiger partial charge >= 0.3 is 0 Å². The second-order valence-electron chi connectivity index (χ2n) is 14.3. The Balaban J connectivity index is 1.07. The number of aromatic nitrogens is 3. The molecule has 0 radical (unpaired) electrons. The van der Waals surface area contributed by atoms with E-state index in [1.807, 2.05) is 6.20 Å². The summed E-state index contributed by atoms with van der Waals surface area (Å²) in [5, 5.41) is 2.50. The van der Waals surface area contributed by atoms with E-state index in [1.165, 1.54) is 60.9 Å². The van der Waals surface area contributed by atoms with Gasteiger partial charge in [0.25, 0.3) is 0 Å². The van der Waals surface area contributed by atoms with Crippen molar-refractivity contribution < 1.29 is 0 Å². The van der Waals surface area contributed by atoms with Gasteiger partial charge in [-0.25, -0.2) is 0 Å². The molecular formula is C49H36N4. The average Bonchev–Trinajstić information content (AvgIpc) is 3.67.